The quantitative estimate of drug-likeness (QED) is 0.789. The lowest BCUT2D eigenvalue weighted by Gasteiger charge is -2.20. The van der Waals surface area contributed by atoms with Crippen molar-refractivity contribution < 1.29 is 4.79 Å². The first-order chi connectivity index (χ1) is 9.74. The van der Waals surface area contributed by atoms with Crippen LogP contribution in [0.5, 0.6) is 0 Å². The van der Waals surface area contributed by atoms with Gasteiger partial charge in [0.2, 0.25) is 5.91 Å². The van der Waals surface area contributed by atoms with Gasteiger partial charge in [0.1, 0.15) is 0 Å². The summed E-state index contributed by atoms with van der Waals surface area (Å²) in [7, 11) is 0. The number of amides is 1. The third kappa shape index (κ3) is 2.70. The molecule has 102 valence electrons. The summed E-state index contributed by atoms with van der Waals surface area (Å²) in [4.78, 5) is 13.8. The Kier molecular flexibility index (Phi) is 3.75. The van der Waals surface area contributed by atoms with Crippen LogP contribution in [0.4, 0.5) is 5.69 Å². The molecule has 1 aliphatic rings. The molecule has 1 atom stereocenters. The molecular weight excluding hydrogens is 270 g/mol. The van der Waals surface area contributed by atoms with Gasteiger partial charge in [-0.25, -0.2) is 0 Å². The smallest absolute Gasteiger partial charge is 0.228 e. The Morgan fingerprint density at radius 1 is 1.05 bits per heavy atom. The summed E-state index contributed by atoms with van der Waals surface area (Å²) in [6.45, 7) is 0.603. The van der Waals surface area contributed by atoms with Crippen molar-refractivity contribution in [3.8, 4) is 0 Å². The molecule has 1 aliphatic heterocycles. The molecule has 1 fully saturated rings. The predicted octanol–water partition coefficient (Wildman–Crippen LogP) is 3.62. The van der Waals surface area contributed by atoms with E-state index in [4.69, 9.17) is 11.6 Å². The zero-order valence-electron chi connectivity index (χ0n) is 11.1. The maximum absolute atomic E-state index is 12.0. The fraction of sp³-hybridized carbons (Fsp3) is 0.235. The van der Waals surface area contributed by atoms with E-state index in [1.54, 1.807) is 0 Å². The average molecular weight is 286 g/mol. The molecule has 0 aliphatic carbocycles. The molecule has 2 aromatic rings. The Bertz CT molecular complexity index is 611. The van der Waals surface area contributed by atoms with Crippen LogP contribution in [0.15, 0.2) is 54.6 Å². The number of alkyl halides is 1. The minimum atomic E-state index is -0.0766. The van der Waals surface area contributed by atoms with E-state index in [-0.39, 0.29) is 11.3 Å². The number of halogens is 1. The van der Waals surface area contributed by atoms with Gasteiger partial charge in [-0.3, -0.25) is 4.79 Å². The number of benzene rings is 2. The van der Waals surface area contributed by atoms with E-state index in [0.717, 1.165) is 17.7 Å². The highest BCUT2D eigenvalue weighted by molar-refractivity contribution is 6.24. The highest BCUT2D eigenvalue weighted by Gasteiger charge is 2.30. The molecule has 3 heteroatoms. The number of hydrogen-bond acceptors (Lipinski definition) is 1. The average Bonchev–Trinajstić information content (AvgIpc) is 2.79. The van der Waals surface area contributed by atoms with Crippen LogP contribution < -0.4 is 4.90 Å². The van der Waals surface area contributed by atoms with Gasteiger partial charge >= 0.3 is 0 Å². The van der Waals surface area contributed by atoms with Crippen LogP contribution in [0.25, 0.3) is 0 Å². The minimum absolute atomic E-state index is 0.0766. The topological polar surface area (TPSA) is 20.3 Å². The Balaban J connectivity index is 1.91. The first-order valence-corrected chi connectivity index (χ1v) is 7.24. The van der Waals surface area contributed by atoms with E-state index in [2.05, 4.69) is 18.2 Å². The molecule has 20 heavy (non-hydrogen) atoms. The molecule has 3 rings (SSSR count). The zero-order chi connectivity index (χ0) is 13.9. The number of para-hydroxylation sites is 1. The van der Waals surface area contributed by atoms with E-state index in [1.807, 2.05) is 41.3 Å². The van der Waals surface area contributed by atoms with Crippen molar-refractivity contribution in [1.82, 2.24) is 0 Å². The van der Waals surface area contributed by atoms with Crippen LogP contribution >= 0.6 is 11.6 Å². The second-order valence-corrected chi connectivity index (χ2v) is 5.71. The van der Waals surface area contributed by atoms with Gasteiger partial charge < -0.3 is 4.90 Å². The summed E-state index contributed by atoms with van der Waals surface area (Å²) in [5.41, 5.74) is 3.40. The molecule has 0 aromatic heterocycles. The standard InChI is InChI=1S/C17H16ClNO/c18-15-11-17(20)19(12-15)16-9-5-4-8-14(16)10-13-6-2-1-3-7-13/h1-9,15H,10-12H2. The van der Waals surface area contributed by atoms with Gasteiger partial charge in [0.25, 0.3) is 0 Å². The molecule has 1 heterocycles. The van der Waals surface area contributed by atoms with Gasteiger partial charge in [-0.05, 0) is 23.6 Å². The van der Waals surface area contributed by atoms with Gasteiger partial charge in [-0.1, -0.05) is 48.5 Å². The first-order valence-electron chi connectivity index (χ1n) is 6.80. The number of nitrogens with zero attached hydrogens (tertiary/aromatic N) is 1. The van der Waals surface area contributed by atoms with Crippen LogP contribution in [0.3, 0.4) is 0 Å². The first kappa shape index (κ1) is 13.2. The highest BCUT2D eigenvalue weighted by atomic mass is 35.5. The highest BCUT2D eigenvalue weighted by Crippen LogP contribution is 2.28. The molecule has 1 saturated heterocycles. The number of anilines is 1. The minimum Gasteiger partial charge on any atom is -0.311 e. The molecule has 1 amide bonds. The number of hydrogen-bond donors (Lipinski definition) is 0. The van der Waals surface area contributed by atoms with Crippen molar-refractivity contribution in [2.24, 2.45) is 0 Å². The fourth-order valence-electron chi connectivity index (χ4n) is 2.64. The molecule has 2 nitrogen and oxygen atoms in total. The molecule has 0 radical (unpaired) electrons. The van der Waals surface area contributed by atoms with Crippen LogP contribution in [0, 0.1) is 0 Å². The second-order valence-electron chi connectivity index (χ2n) is 5.10. The molecule has 0 bridgehead atoms. The predicted molar refractivity (Wildman–Crippen MR) is 82.3 cm³/mol. The Morgan fingerprint density at radius 3 is 2.45 bits per heavy atom. The van der Waals surface area contributed by atoms with Gasteiger partial charge in [0.15, 0.2) is 0 Å². The largest absolute Gasteiger partial charge is 0.311 e. The van der Waals surface area contributed by atoms with Crippen LogP contribution in [-0.2, 0) is 11.2 Å². The van der Waals surface area contributed by atoms with Gasteiger partial charge in [0.05, 0.1) is 5.38 Å². The Hall–Kier alpha value is -1.80. The van der Waals surface area contributed by atoms with Crippen LogP contribution in [-0.4, -0.2) is 17.8 Å². The van der Waals surface area contributed by atoms with E-state index in [0.29, 0.717) is 13.0 Å². The van der Waals surface area contributed by atoms with Crippen molar-refractivity contribution in [3.05, 3.63) is 65.7 Å². The molecule has 0 spiro atoms. The summed E-state index contributed by atoms with van der Waals surface area (Å²) in [6, 6.07) is 18.4. The van der Waals surface area contributed by atoms with Gasteiger partial charge in [-0.15, -0.1) is 11.6 Å². The molecule has 2 aromatic carbocycles. The molecule has 0 saturated carbocycles. The number of carbonyl (C=O) groups is 1. The van der Waals surface area contributed by atoms with Crippen LogP contribution in [0.1, 0.15) is 17.5 Å². The van der Waals surface area contributed by atoms with Gasteiger partial charge in [-0.2, -0.15) is 0 Å². The lowest BCUT2D eigenvalue weighted by atomic mass is 10.0. The van der Waals surface area contributed by atoms with Gasteiger partial charge in [0, 0.05) is 18.7 Å². The van der Waals surface area contributed by atoms with Crippen molar-refractivity contribution in [2.45, 2.75) is 18.2 Å². The number of rotatable bonds is 3. The van der Waals surface area contributed by atoms with E-state index >= 15 is 0 Å². The third-order valence-electron chi connectivity index (χ3n) is 3.60. The maximum Gasteiger partial charge on any atom is 0.228 e. The fourth-order valence-corrected chi connectivity index (χ4v) is 2.91. The molecule has 0 N–H and O–H groups in total. The maximum atomic E-state index is 12.0. The number of carbonyl (C=O) groups excluding carboxylic acids is 1. The summed E-state index contributed by atoms with van der Waals surface area (Å²) < 4.78 is 0. The normalized spacial score (nSPS) is 18.6. The Morgan fingerprint density at radius 2 is 1.75 bits per heavy atom. The monoisotopic (exact) mass is 285 g/mol. The summed E-state index contributed by atoms with van der Waals surface area (Å²) >= 11 is 6.10. The summed E-state index contributed by atoms with van der Waals surface area (Å²) in [5.74, 6) is 0.116. The Labute approximate surface area is 124 Å². The van der Waals surface area contributed by atoms with E-state index in [9.17, 15) is 4.79 Å². The van der Waals surface area contributed by atoms with Crippen LogP contribution in [0.2, 0.25) is 0 Å². The lowest BCUT2D eigenvalue weighted by Crippen LogP contribution is -2.25. The second kappa shape index (κ2) is 5.68. The molecular formula is C17H16ClNO. The zero-order valence-corrected chi connectivity index (χ0v) is 11.9. The third-order valence-corrected chi connectivity index (χ3v) is 3.89. The van der Waals surface area contributed by atoms with E-state index in [1.165, 1.54) is 5.56 Å². The van der Waals surface area contributed by atoms with Crippen molar-refractivity contribution in [2.75, 3.05) is 11.4 Å². The SMILES string of the molecule is O=C1CC(Cl)CN1c1ccccc1Cc1ccccc1. The lowest BCUT2D eigenvalue weighted by molar-refractivity contribution is -0.117. The van der Waals surface area contributed by atoms with Crippen molar-refractivity contribution in [1.29, 1.82) is 0 Å². The molecule has 1 unspecified atom stereocenters. The summed E-state index contributed by atoms with van der Waals surface area (Å²) in [6.07, 6.45) is 1.26. The van der Waals surface area contributed by atoms with E-state index < -0.39 is 0 Å². The van der Waals surface area contributed by atoms with Crippen molar-refractivity contribution >= 4 is 23.2 Å². The van der Waals surface area contributed by atoms with Crippen molar-refractivity contribution in [3.63, 3.8) is 0 Å². The summed E-state index contributed by atoms with van der Waals surface area (Å²) in [5, 5.41) is -0.0766.